The summed E-state index contributed by atoms with van der Waals surface area (Å²) >= 11 is 0. The third-order valence-electron chi connectivity index (χ3n) is 1.87. The molecule has 0 saturated carbocycles. The van der Waals surface area contributed by atoms with Gasteiger partial charge in [-0.15, -0.1) is 0 Å². The Bertz CT molecular complexity index is 443. The summed E-state index contributed by atoms with van der Waals surface area (Å²) in [6, 6.07) is 10.9. The predicted molar refractivity (Wildman–Crippen MR) is 73.7 cm³/mol. The summed E-state index contributed by atoms with van der Waals surface area (Å²) in [5, 5.41) is 2.24. The van der Waals surface area contributed by atoms with Gasteiger partial charge >= 0.3 is 0 Å². The quantitative estimate of drug-likeness (QED) is 0.890. The van der Waals surface area contributed by atoms with E-state index in [4.69, 9.17) is 4.52 Å². The summed E-state index contributed by atoms with van der Waals surface area (Å²) in [7, 11) is 1.68. The third-order valence-corrected chi connectivity index (χ3v) is 1.87. The molecule has 0 unspecified atom stereocenters. The van der Waals surface area contributed by atoms with Crippen molar-refractivity contribution in [3.63, 3.8) is 0 Å². The standard InChI is InChI=1S/C9H7NO2.C3H8O.C2H6/c11-9-6-8(12-10-9)7-4-2-1-3-5-7;1-3-4-2;1-2/h1-6H,(H,10,11);3H2,1-2H3;1-2H3. The van der Waals surface area contributed by atoms with Gasteiger partial charge in [-0.25, -0.2) is 0 Å². The summed E-state index contributed by atoms with van der Waals surface area (Å²) in [4.78, 5) is 10.7. The number of nitrogens with one attached hydrogen (secondary N) is 1. The van der Waals surface area contributed by atoms with Gasteiger partial charge in [0.05, 0.1) is 6.07 Å². The average Bonchev–Trinajstić information content (AvgIpc) is 2.89. The second-order valence-electron chi connectivity index (χ2n) is 3.02. The van der Waals surface area contributed by atoms with E-state index in [-0.39, 0.29) is 5.56 Å². The first-order chi connectivity index (χ1) is 8.77. The number of aromatic nitrogens is 1. The van der Waals surface area contributed by atoms with Crippen molar-refractivity contribution < 1.29 is 9.26 Å². The van der Waals surface area contributed by atoms with Crippen molar-refractivity contribution in [3.8, 4) is 11.3 Å². The molecule has 1 heterocycles. The topological polar surface area (TPSA) is 55.2 Å². The molecular formula is C14H21NO3. The molecule has 0 saturated heterocycles. The van der Waals surface area contributed by atoms with Crippen LogP contribution in [0.2, 0.25) is 0 Å². The largest absolute Gasteiger partial charge is 0.385 e. The molecule has 18 heavy (non-hydrogen) atoms. The van der Waals surface area contributed by atoms with Crippen LogP contribution >= 0.6 is 0 Å². The highest BCUT2D eigenvalue weighted by Gasteiger charge is 2.00. The zero-order valence-corrected chi connectivity index (χ0v) is 11.4. The van der Waals surface area contributed by atoms with Crippen molar-refractivity contribution in [1.82, 2.24) is 5.16 Å². The fourth-order valence-electron chi connectivity index (χ4n) is 1.03. The first kappa shape index (κ1) is 16.2. The van der Waals surface area contributed by atoms with Crippen LogP contribution in [-0.2, 0) is 4.74 Å². The molecule has 0 spiro atoms. The van der Waals surface area contributed by atoms with Crippen LogP contribution in [0.4, 0.5) is 0 Å². The van der Waals surface area contributed by atoms with Gasteiger partial charge in [0.15, 0.2) is 5.76 Å². The number of ether oxygens (including phenoxy) is 1. The molecule has 2 rings (SSSR count). The van der Waals surface area contributed by atoms with Gasteiger partial charge in [-0.1, -0.05) is 44.2 Å². The van der Waals surface area contributed by atoms with Gasteiger partial charge in [0, 0.05) is 19.3 Å². The lowest BCUT2D eigenvalue weighted by molar-refractivity contribution is 0.215. The number of rotatable bonds is 2. The molecule has 4 heteroatoms. The molecule has 0 aliphatic heterocycles. The van der Waals surface area contributed by atoms with Gasteiger partial charge in [0.25, 0.3) is 5.56 Å². The smallest absolute Gasteiger partial charge is 0.280 e. The lowest BCUT2D eigenvalue weighted by Gasteiger charge is -1.91. The summed E-state index contributed by atoms with van der Waals surface area (Å²) < 4.78 is 9.45. The van der Waals surface area contributed by atoms with Crippen molar-refractivity contribution in [1.29, 1.82) is 0 Å². The van der Waals surface area contributed by atoms with E-state index in [2.05, 4.69) is 9.89 Å². The summed E-state index contributed by atoms with van der Waals surface area (Å²) in [5.41, 5.74) is 0.685. The van der Waals surface area contributed by atoms with Gasteiger partial charge in [-0.2, -0.15) is 5.16 Å². The van der Waals surface area contributed by atoms with Crippen LogP contribution < -0.4 is 5.56 Å². The van der Waals surface area contributed by atoms with Gasteiger partial charge in [0.1, 0.15) is 0 Å². The molecule has 1 aromatic carbocycles. The van der Waals surface area contributed by atoms with Crippen molar-refractivity contribution in [2.75, 3.05) is 13.7 Å². The van der Waals surface area contributed by atoms with Crippen LogP contribution in [0.25, 0.3) is 11.3 Å². The van der Waals surface area contributed by atoms with E-state index in [1.54, 1.807) is 7.11 Å². The highest BCUT2D eigenvalue weighted by Crippen LogP contribution is 2.15. The van der Waals surface area contributed by atoms with Gasteiger partial charge in [0.2, 0.25) is 0 Å². The summed E-state index contributed by atoms with van der Waals surface area (Å²) in [6.07, 6.45) is 0. The highest BCUT2D eigenvalue weighted by atomic mass is 16.5. The van der Waals surface area contributed by atoms with Crippen LogP contribution in [0.1, 0.15) is 20.8 Å². The Hall–Kier alpha value is -1.81. The van der Waals surface area contributed by atoms with E-state index in [1.807, 2.05) is 51.1 Å². The van der Waals surface area contributed by atoms with Gasteiger partial charge in [-0.3, -0.25) is 4.79 Å². The number of methoxy groups -OCH3 is 1. The molecule has 0 aliphatic carbocycles. The molecule has 0 aliphatic rings. The number of hydrogen-bond acceptors (Lipinski definition) is 3. The lowest BCUT2D eigenvalue weighted by atomic mass is 10.2. The Kier molecular flexibility index (Phi) is 9.31. The monoisotopic (exact) mass is 251 g/mol. The lowest BCUT2D eigenvalue weighted by Crippen LogP contribution is -1.92. The fourth-order valence-corrected chi connectivity index (χ4v) is 1.03. The van der Waals surface area contributed by atoms with E-state index in [0.717, 1.165) is 12.2 Å². The second kappa shape index (κ2) is 10.4. The molecule has 1 N–H and O–H groups in total. The normalized spacial score (nSPS) is 8.67. The van der Waals surface area contributed by atoms with E-state index >= 15 is 0 Å². The average molecular weight is 251 g/mol. The first-order valence-corrected chi connectivity index (χ1v) is 6.00. The zero-order chi connectivity index (χ0) is 13.8. The molecule has 0 bridgehead atoms. The van der Waals surface area contributed by atoms with Crippen LogP contribution in [-0.4, -0.2) is 18.9 Å². The van der Waals surface area contributed by atoms with Gasteiger partial charge in [-0.05, 0) is 6.92 Å². The van der Waals surface area contributed by atoms with Crippen LogP contribution in [0.15, 0.2) is 45.7 Å². The molecule has 0 atom stereocenters. The van der Waals surface area contributed by atoms with Crippen LogP contribution in [0, 0.1) is 0 Å². The Morgan fingerprint density at radius 3 is 2.17 bits per heavy atom. The van der Waals surface area contributed by atoms with Crippen LogP contribution in [0.3, 0.4) is 0 Å². The maximum atomic E-state index is 10.7. The number of benzene rings is 1. The Morgan fingerprint density at radius 2 is 1.78 bits per heavy atom. The SMILES string of the molecule is CC.CCOC.O=c1cc(-c2ccccc2)o[nH]1. The molecule has 0 amide bonds. The van der Waals surface area contributed by atoms with E-state index in [1.165, 1.54) is 6.07 Å². The van der Waals surface area contributed by atoms with Crippen molar-refractivity contribution in [2.24, 2.45) is 0 Å². The van der Waals surface area contributed by atoms with E-state index < -0.39 is 0 Å². The molecule has 0 fully saturated rings. The summed E-state index contributed by atoms with van der Waals surface area (Å²) in [5.74, 6) is 0.570. The van der Waals surface area contributed by atoms with Crippen LogP contribution in [0.5, 0.6) is 0 Å². The minimum Gasteiger partial charge on any atom is -0.385 e. The first-order valence-electron chi connectivity index (χ1n) is 6.00. The fraction of sp³-hybridized carbons (Fsp3) is 0.357. The molecule has 2 aromatic rings. The number of H-pyrrole nitrogens is 1. The number of hydrogen-bond donors (Lipinski definition) is 1. The Morgan fingerprint density at radius 1 is 1.22 bits per heavy atom. The molecule has 100 valence electrons. The molecule has 4 nitrogen and oxygen atoms in total. The Labute approximate surface area is 108 Å². The van der Waals surface area contributed by atoms with E-state index in [9.17, 15) is 4.79 Å². The molecule has 0 radical (unpaired) electrons. The third kappa shape index (κ3) is 6.06. The number of aromatic amines is 1. The Balaban J connectivity index is 0.000000415. The maximum Gasteiger partial charge on any atom is 0.280 e. The van der Waals surface area contributed by atoms with Gasteiger partial charge < -0.3 is 9.26 Å². The molecular weight excluding hydrogens is 230 g/mol. The molecule has 1 aromatic heterocycles. The minimum atomic E-state index is -0.214. The maximum absolute atomic E-state index is 10.7. The van der Waals surface area contributed by atoms with Crippen molar-refractivity contribution in [3.05, 3.63) is 46.8 Å². The second-order valence-corrected chi connectivity index (χ2v) is 3.02. The van der Waals surface area contributed by atoms with E-state index in [0.29, 0.717) is 5.76 Å². The van der Waals surface area contributed by atoms with Crippen molar-refractivity contribution >= 4 is 0 Å². The summed E-state index contributed by atoms with van der Waals surface area (Å²) in [6.45, 7) is 6.78. The highest BCUT2D eigenvalue weighted by molar-refractivity contribution is 5.55. The predicted octanol–water partition coefficient (Wildman–Crippen LogP) is 3.31. The minimum absolute atomic E-state index is 0.214. The van der Waals surface area contributed by atoms with Crippen molar-refractivity contribution in [2.45, 2.75) is 20.8 Å². The zero-order valence-electron chi connectivity index (χ0n) is 11.4.